The third-order valence-corrected chi connectivity index (χ3v) is 3.29. The summed E-state index contributed by atoms with van der Waals surface area (Å²) in [4.78, 5) is 26.5. The number of hydrogen-bond donors (Lipinski definition) is 1. The van der Waals surface area contributed by atoms with Gasteiger partial charge < -0.3 is 15.3 Å². The predicted molar refractivity (Wildman–Crippen MR) is 91.2 cm³/mol. The molecule has 130 valence electrons. The molecule has 0 bridgehead atoms. The van der Waals surface area contributed by atoms with Gasteiger partial charge in [0.15, 0.2) is 12.4 Å². The second kappa shape index (κ2) is 8.44. The number of amidine groups is 1. The maximum absolute atomic E-state index is 11.6. The number of carbonyl (C=O) groups is 1. The van der Waals surface area contributed by atoms with Gasteiger partial charge in [-0.2, -0.15) is 0 Å². The van der Waals surface area contributed by atoms with Gasteiger partial charge >= 0.3 is 5.97 Å². The zero-order chi connectivity index (χ0) is 18.2. The van der Waals surface area contributed by atoms with E-state index in [0.717, 1.165) is 12.0 Å². The maximum atomic E-state index is 11.6. The molecule has 2 aromatic rings. The number of aryl methyl sites for hydroxylation is 1. The van der Waals surface area contributed by atoms with Gasteiger partial charge in [-0.05, 0) is 24.1 Å². The largest absolute Gasteiger partial charge is 0.482 e. The van der Waals surface area contributed by atoms with E-state index in [4.69, 9.17) is 10.5 Å². The van der Waals surface area contributed by atoms with E-state index in [1.807, 2.05) is 19.1 Å². The van der Waals surface area contributed by atoms with E-state index in [0.29, 0.717) is 5.75 Å². The summed E-state index contributed by atoms with van der Waals surface area (Å²) in [6, 6.07) is 12.9. The first-order valence-electron chi connectivity index (χ1n) is 7.49. The predicted octanol–water partition coefficient (Wildman–Crippen LogP) is 2.40. The van der Waals surface area contributed by atoms with Crippen molar-refractivity contribution in [2.45, 2.75) is 13.3 Å². The smallest absolute Gasteiger partial charge is 0.372 e. The number of carbonyl (C=O) groups excluding carboxylic acids is 1. The van der Waals surface area contributed by atoms with Crippen molar-refractivity contribution in [3.63, 3.8) is 0 Å². The van der Waals surface area contributed by atoms with Crippen LogP contribution in [0.1, 0.15) is 18.1 Å². The molecule has 0 spiro atoms. The van der Waals surface area contributed by atoms with Gasteiger partial charge in [0.05, 0.1) is 4.92 Å². The van der Waals surface area contributed by atoms with Crippen LogP contribution in [0.2, 0.25) is 0 Å². The summed E-state index contributed by atoms with van der Waals surface area (Å²) in [5.41, 5.74) is 6.96. The second-order valence-corrected chi connectivity index (χ2v) is 5.03. The molecular weight excluding hydrogens is 326 g/mol. The lowest BCUT2D eigenvalue weighted by atomic mass is 10.2. The highest BCUT2D eigenvalue weighted by atomic mass is 16.7. The molecule has 0 heterocycles. The fraction of sp³-hybridized carbons (Fsp3) is 0.176. The van der Waals surface area contributed by atoms with E-state index in [1.165, 1.54) is 24.3 Å². The van der Waals surface area contributed by atoms with Crippen LogP contribution in [0, 0.1) is 10.1 Å². The molecular formula is C17H17N3O5. The lowest BCUT2D eigenvalue weighted by molar-refractivity contribution is -0.384. The number of hydrogen-bond acceptors (Lipinski definition) is 6. The number of nitro benzene ring substituents is 1. The second-order valence-electron chi connectivity index (χ2n) is 5.03. The quantitative estimate of drug-likeness (QED) is 0.271. The normalized spacial score (nSPS) is 11.0. The highest BCUT2D eigenvalue weighted by Gasteiger charge is 2.10. The zero-order valence-corrected chi connectivity index (χ0v) is 13.5. The van der Waals surface area contributed by atoms with Gasteiger partial charge in [-0.25, -0.2) is 4.79 Å². The molecule has 2 rings (SSSR count). The topological polar surface area (TPSA) is 117 Å². The number of nitro groups is 1. The van der Waals surface area contributed by atoms with Crippen LogP contribution in [-0.4, -0.2) is 23.3 Å². The summed E-state index contributed by atoms with van der Waals surface area (Å²) >= 11 is 0. The first kappa shape index (κ1) is 17.9. The van der Waals surface area contributed by atoms with Gasteiger partial charge in [0, 0.05) is 17.7 Å². The Morgan fingerprint density at radius 2 is 1.96 bits per heavy atom. The maximum Gasteiger partial charge on any atom is 0.372 e. The zero-order valence-electron chi connectivity index (χ0n) is 13.5. The Hall–Kier alpha value is -3.42. The molecule has 2 aromatic carbocycles. The third-order valence-electron chi connectivity index (χ3n) is 3.29. The Morgan fingerprint density at radius 1 is 1.24 bits per heavy atom. The lowest BCUT2D eigenvalue weighted by Gasteiger charge is -2.05. The van der Waals surface area contributed by atoms with Crippen molar-refractivity contribution >= 4 is 17.5 Å². The van der Waals surface area contributed by atoms with Crippen molar-refractivity contribution in [3.8, 4) is 5.75 Å². The van der Waals surface area contributed by atoms with Crippen LogP contribution in [0.4, 0.5) is 5.69 Å². The van der Waals surface area contributed by atoms with E-state index >= 15 is 0 Å². The number of ether oxygens (including phenoxy) is 1. The average molecular weight is 343 g/mol. The third kappa shape index (κ3) is 5.31. The molecule has 0 radical (unpaired) electrons. The van der Waals surface area contributed by atoms with Crippen LogP contribution < -0.4 is 10.5 Å². The van der Waals surface area contributed by atoms with Gasteiger partial charge in [-0.15, -0.1) is 0 Å². The summed E-state index contributed by atoms with van der Waals surface area (Å²) in [6.07, 6.45) is 0.911. The first-order chi connectivity index (χ1) is 12.0. The van der Waals surface area contributed by atoms with E-state index in [9.17, 15) is 14.9 Å². The van der Waals surface area contributed by atoms with E-state index < -0.39 is 10.9 Å². The summed E-state index contributed by atoms with van der Waals surface area (Å²) < 4.78 is 5.28. The number of nitrogens with zero attached hydrogens (tertiary/aromatic N) is 2. The SMILES string of the molecule is CCc1ccc(OCC(=O)ON=C(N)c2cccc([N+](=O)[O-])c2)cc1. The van der Waals surface area contributed by atoms with Crippen molar-refractivity contribution < 1.29 is 19.3 Å². The Morgan fingerprint density at radius 3 is 2.60 bits per heavy atom. The molecule has 0 unspecified atom stereocenters. The molecule has 0 saturated carbocycles. The van der Waals surface area contributed by atoms with Crippen molar-refractivity contribution in [3.05, 3.63) is 69.8 Å². The monoisotopic (exact) mass is 343 g/mol. The number of non-ortho nitro benzene ring substituents is 1. The fourth-order valence-electron chi connectivity index (χ4n) is 1.92. The molecule has 0 saturated heterocycles. The van der Waals surface area contributed by atoms with E-state index in [1.54, 1.807) is 12.1 Å². The summed E-state index contributed by atoms with van der Waals surface area (Å²) in [7, 11) is 0. The molecule has 8 heteroatoms. The number of rotatable bonds is 7. The standard InChI is InChI=1S/C17H17N3O5/c1-2-12-6-8-15(9-7-12)24-11-16(21)25-19-17(18)13-4-3-5-14(10-13)20(22)23/h3-10H,2,11H2,1H3,(H2,18,19). The molecule has 0 aliphatic rings. The molecule has 2 N–H and O–H groups in total. The van der Waals surface area contributed by atoms with E-state index in [-0.39, 0.29) is 23.7 Å². The van der Waals surface area contributed by atoms with Crippen molar-refractivity contribution in [1.82, 2.24) is 0 Å². The van der Waals surface area contributed by atoms with Crippen molar-refractivity contribution in [2.24, 2.45) is 10.9 Å². The summed E-state index contributed by atoms with van der Waals surface area (Å²) in [5, 5.41) is 14.2. The summed E-state index contributed by atoms with van der Waals surface area (Å²) in [5.74, 6) is -0.359. The number of nitrogens with two attached hydrogens (primary N) is 1. The Kier molecular flexibility index (Phi) is 6.05. The van der Waals surface area contributed by atoms with Gasteiger partial charge in [0.1, 0.15) is 5.75 Å². The minimum absolute atomic E-state index is 0.138. The Bertz CT molecular complexity index is 787. The van der Waals surface area contributed by atoms with Crippen molar-refractivity contribution in [2.75, 3.05) is 6.61 Å². The minimum Gasteiger partial charge on any atom is -0.482 e. The van der Waals surface area contributed by atoms with Crippen molar-refractivity contribution in [1.29, 1.82) is 0 Å². The Balaban J connectivity index is 1.90. The molecule has 0 aliphatic carbocycles. The van der Waals surface area contributed by atoms with Crippen LogP contribution in [0.3, 0.4) is 0 Å². The first-order valence-corrected chi connectivity index (χ1v) is 7.49. The summed E-state index contributed by atoms with van der Waals surface area (Å²) in [6.45, 7) is 1.70. The highest BCUT2D eigenvalue weighted by Crippen LogP contribution is 2.14. The number of benzene rings is 2. The Labute approximate surface area is 144 Å². The van der Waals surface area contributed by atoms with Gasteiger partial charge in [-0.1, -0.05) is 36.3 Å². The minimum atomic E-state index is -0.743. The molecule has 0 atom stereocenters. The van der Waals surface area contributed by atoms with Gasteiger partial charge in [0.2, 0.25) is 0 Å². The van der Waals surface area contributed by atoms with Crippen LogP contribution in [0.15, 0.2) is 53.7 Å². The molecule has 25 heavy (non-hydrogen) atoms. The fourth-order valence-corrected chi connectivity index (χ4v) is 1.92. The van der Waals surface area contributed by atoms with Gasteiger partial charge in [0.25, 0.3) is 5.69 Å². The van der Waals surface area contributed by atoms with Crippen LogP contribution in [0.5, 0.6) is 5.75 Å². The average Bonchev–Trinajstić information content (AvgIpc) is 2.64. The molecule has 8 nitrogen and oxygen atoms in total. The van der Waals surface area contributed by atoms with E-state index in [2.05, 4.69) is 9.99 Å². The molecule has 0 aromatic heterocycles. The molecule has 0 aliphatic heterocycles. The molecule has 0 amide bonds. The van der Waals surface area contributed by atoms with Gasteiger partial charge in [-0.3, -0.25) is 10.1 Å². The lowest BCUT2D eigenvalue weighted by Crippen LogP contribution is -2.18. The van der Waals surface area contributed by atoms with Crippen LogP contribution in [0.25, 0.3) is 0 Å². The molecule has 0 fully saturated rings. The van der Waals surface area contributed by atoms with Crippen LogP contribution >= 0.6 is 0 Å². The highest BCUT2D eigenvalue weighted by molar-refractivity contribution is 5.97. The number of oxime groups is 1. The van der Waals surface area contributed by atoms with Crippen LogP contribution in [-0.2, 0) is 16.1 Å².